The quantitative estimate of drug-likeness (QED) is 0.244. The maximum Gasteiger partial charge on any atom is 0.201 e. The van der Waals surface area contributed by atoms with Crippen molar-refractivity contribution >= 4 is 5.57 Å². The lowest BCUT2D eigenvalue weighted by Gasteiger charge is -2.28. The molecule has 0 N–H and O–H groups in total. The molecular weight excluding hydrogens is 402 g/mol. The fourth-order valence-electron chi connectivity index (χ4n) is 5.33. The molecule has 0 aliphatic heterocycles. The van der Waals surface area contributed by atoms with Crippen LogP contribution in [0.4, 0.5) is 8.78 Å². The number of benzene rings is 1. The van der Waals surface area contributed by atoms with Crippen molar-refractivity contribution in [3.63, 3.8) is 0 Å². The Morgan fingerprint density at radius 1 is 0.938 bits per heavy atom. The summed E-state index contributed by atoms with van der Waals surface area (Å²) >= 11 is 0. The van der Waals surface area contributed by atoms with E-state index >= 15 is 0 Å². The summed E-state index contributed by atoms with van der Waals surface area (Å²) in [4.78, 5) is 0. The standard InChI is InChI=1S/C29H42F2O/c1-3-5-21-32-27-20-19-26(28(30)29(27)31)25-17-15-24(16-18-25)10-7-6-9-23-13-11-22(8-4-2)12-14-23/h7,10,17,19-20,22-24H,3-6,8-9,11-16,18,21H2,1-2H3/b10-7+. The van der Waals surface area contributed by atoms with Crippen molar-refractivity contribution in [3.05, 3.63) is 47.6 Å². The second-order valence-electron chi connectivity index (χ2n) is 9.89. The fraction of sp³-hybridized carbons (Fsp3) is 0.655. The average Bonchev–Trinajstić information content (AvgIpc) is 2.81. The van der Waals surface area contributed by atoms with Crippen molar-refractivity contribution < 1.29 is 13.5 Å². The predicted molar refractivity (Wildman–Crippen MR) is 131 cm³/mol. The van der Waals surface area contributed by atoms with Crippen LogP contribution < -0.4 is 4.74 Å². The molecule has 0 radical (unpaired) electrons. The Hall–Kier alpha value is -1.64. The first-order valence-corrected chi connectivity index (χ1v) is 13.1. The molecule has 0 spiro atoms. The number of hydrogen-bond acceptors (Lipinski definition) is 1. The van der Waals surface area contributed by atoms with Gasteiger partial charge in [-0.2, -0.15) is 4.39 Å². The van der Waals surface area contributed by atoms with E-state index < -0.39 is 11.6 Å². The molecule has 1 nitrogen and oxygen atoms in total. The third-order valence-electron chi connectivity index (χ3n) is 7.41. The first-order valence-electron chi connectivity index (χ1n) is 13.1. The monoisotopic (exact) mass is 444 g/mol. The van der Waals surface area contributed by atoms with Crippen molar-refractivity contribution in [2.45, 2.75) is 97.3 Å². The average molecular weight is 445 g/mol. The Labute approximate surface area is 194 Å². The summed E-state index contributed by atoms with van der Waals surface area (Å²) in [6.07, 6.45) is 22.3. The van der Waals surface area contributed by atoms with E-state index in [0.717, 1.165) is 49.5 Å². The fourth-order valence-corrected chi connectivity index (χ4v) is 5.33. The highest BCUT2D eigenvalue weighted by atomic mass is 19.2. The summed E-state index contributed by atoms with van der Waals surface area (Å²) in [6.45, 7) is 4.76. The molecule has 32 heavy (non-hydrogen) atoms. The van der Waals surface area contributed by atoms with Crippen molar-refractivity contribution in [1.82, 2.24) is 0 Å². The van der Waals surface area contributed by atoms with Gasteiger partial charge in [0.1, 0.15) is 0 Å². The normalized spacial score (nSPS) is 24.0. The lowest BCUT2D eigenvalue weighted by molar-refractivity contribution is 0.253. The number of allylic oxidation sites excluding steroid dienone is 4. The van der Waals surface area contributed by atoms with Gasteiger partial charge in [0.25, 0.3) is 0 Å². The Bertz CT molecular complexity index is 759. The van der Waals surface area contributed by atoms with E-state index in [1.54, 1.807) is 12.1 Å². The van der Waals surface area contributed by atoms with E-state index in [0.29, 0.717) is 18.1 Å². The number of halogens is 2. The molecule has 2 aliphatic carbocycles. The number of rotatable bonds is 11. The molecule has 1 saturated carbocycles. The van der Waals surface area contributed by atoms with Gasteiger partial charge >= 0.3 is 0 Å². The highest BCUT2D eigenvalue weighted by Gasteiger charge is 2.21. The lowest BCUT2D eigenvalue weighted by atomic mass is 9.78. The summed E-state index contributed by atoms with van der Waals surface area (Å²) in [7, 11) is 0. The maximum atomic E-state index is 14.6. The molecule has 0 saturated heterocycles. The Balaban J connectivity index is 1.44. The molecule has 0 amide bonds. The van der Waals surface area contributed by atoms with Crippen LogP contribution >= 0.6 is 0 Å². The molecule has 0 aromatic heterocycles. The van der Waals surface area contributed by atoms with Crippen LogP contribution in [-0.4, -0.2) is 6.61 Å². The molecule has 3 heteroatoms. The zero-order chi connectivity index (χ0) is 22.8. The van der Waals surface area contributed by atoms with Gasteiger partial charge < -0.3 is 4.74 Å². The van der Waals surface area contributed by atoms with E-state index in [-0.39, 0.29) is 5.75 Å². The van der Waals surface area contributed by atoms with Gasteiger partial charge in [0, 0.05) is 5.56 Å². The van der Waals surface area contributed by atoms with Gasteiger partial charge in [0.05, 0.1) is 6.61 Å². The van der Waals surface area contributed by atoms with Crippen LogP contribution in [0.25, 0.3) is 5.57 Å². The largest absolute Gasteiger partial charge is 0.490 e. The first-order chi connectivity index (χ1) is 15.6. The van der Waals surface area contributed by atoms with E-state index in [4.69, 9.17) is 4.74 Å². The Morgan fingerprint density at radius 3 is 2.34 bits per heavy atom. The molecule has 0 bridgehead atoms. The summed E-state index contributed by atoms with van der Waals surface area (Å²) in [5, 5.41) is 0. The highest BCUT2D eigenvalue weighted by molar-refractivity contribution is 5.67. The number of unbranched alkanes of at least 4 members (excludes halogenated alkanes) is 1. The Morgan fingerprint density at radius 2 is 1.69 bits per heavy atom. The third-order valence-corrected chi connectivity index (χ3v) is 7.41. The number of ether oxygens (including phenoxy) is 1. The van der Waals surface area contributed by atoms with Crippen molar-refractivity contribution in [1.29, 1.82) is 0 Å². The molecule has 3 rings (SSSR count). The van der Waals surface area contributed by atoms with Gasteiger partial charge in [0.2, 0.25) is 5.82 Å². The van der Waals surface area contributed by atoms with Gasteiger partial charge in [-0.3, -0.25) is 0 Å². The van der Waals surface area contributed by atoms with Crippen LogP contribution in [0.15, 0.2) is 30.4 Å². The van der Waals surface area contributed by atoms with Crippen LogP contribution in [0.5, 0.6) is 5.75 Å². The zero-order valence-electron chi connectivity index (χ0n) is 20.2. The van der Waals surface area contributed by atoms with E-state index in [9.17, 15) is 8.78 Å². The molecule has 1 aromatic carbocycles. The third kappa shape index (κ3) is 7.18. The molecular formula is C29H42F2O. The summed E-state index contributed by atoms with van der Waals surface area (Å²) in [6, 6.07) is 3.25. The SMILES string of the molecule is CCCCOc1ccc(C2=CCC(/C=C/CCC3CCC(CCC)CC3)CC2)c(F)c1F. The van der Waals surface area contributed by atoms with Gasteiger partial charge in [0.15, 0.2) is 11.6 Å². The van der Waals surface area contributed by atoms with Crippen LogP contribution in [0.3, 0.4) is 0 Å². The van der Waals surface area contributed by atoms with Crippen molar-refractivity contribution in [2.75, 3.05) is 6.61 Å². The van der Waals surface area contributed by atoms with Crippen molar-refractivity contribution in [3.8, 4) is 5.75 Å². The lowest BCUT2D eigenvalue weighted by Crippen LogP contribution is -2.14. The first kappa shape index (κ1) is 25.0. The van der Waals surface area contributed by atoms with Crippen LogP contribution in [0.2, 0.25) is 0 Å². The highest BCUT2D eigenvalue weighted by Crippen LogP contribution is 2.36. The topological polar surface area (TPSA) is 9.23 Å². The molecule has 0 heterocycles. The smallest absolute Gasteiger partial charge is 0.201 e. The predicted octanol–water partition coefficient (Wildman–Crippen LogP) is 9.27. The van der Waals surface area contributed by atoms with Crippen LogP contribution in [0.1, 0.15) is 103 Å². The molecule has 1 unspecified atom stereocenters. The summed E-state index contributed by atoms with van der Waals surface area (Å²) in [5.74, 6) is 0.813. The minimum absolute atomic E-state index is 0.0239. The molecule has 2 aliphatic rings. The second-order valence-corrected chi connectivity index (χ2v) is 9.89. The van der Waals surface area contributed by atoms with Gasteiger partial charge in [-0.15, -0.1) is 0 Å². The van der Waals surface area contributed by atoms with Gasteiger partial charge in [-0.25, -0.2) is 4.39 Å². The minimum atomic E-state index is -0.856. The summed E-state index contributed by atoms with van der Waals surface area (Å²) in [5.41, 5.74) is 1.32. The van der Waals surface area contributed by atoms with E-state index in [1.165, 1.54) is 51.4 Å². The number of hydrogen-bond donors (Lipinski definition) is 0. The molecule has 178 valence electrons. The molecule has 1 atom stereocenters. The van der Waals surface area contributed by atoms with Crippen molar-refractivity contribution in [2.24, 2.45) is 17.8 Å². The van der Waals surface area contributed by atoms with E-state index in [1.807, 2.05) is 6.92 Å². The van der Waals surface area contributed by atoms with Crippen LogP contribution in [0, 0.1) is 29.4 Å². The summed E-state index contributed by atoms with van der Waals surface area (Å²) < 4.78 is 34.4. The maximum absolute atomic E-state index is 14.6. The van der Waals surface area contributed by atoms with Gasteiger partial charge in [-0.05, 0) is 74.0 Å². The molecule has 1 fully saturated rings. The molecule has 1 aromatic rings. The van der Waals surface area contributed by atoms with Crippen LogP contribution in [-0.2, 0) is 0 Å². The zero-order valence-corrected chi connectivity index (χ0v) is 20.2. The second kappa shape index (κ2) is 13.2. The minimum Gasteiger partial charge on any atom is -0.490 e. The Kier molecular flexibility index (Phi) is 10.3. The van der Waals surface area contributed by atoms with Gasteiger partial charge in [-0.1, -0.05) is 77.0 Å². The van der Waals surface area contributed by atoms with E-state index in [2.05, 4.69) is 25.2 Å².